The van der Waals surface area contributed by atoms with Crippen LogP contribution >= 0.6 is 0 Å². The number of amides is 2. The summed E-state index contributed by atoms with van der Waals surface area (Å²) in [6.07, 6.45) is 1.88. The maximum Gasteiger partial charge on any atom is 0.272 e. The molecule has 2 fully saturated rings. The lowest BCUT2D eigenvalue weighted by atomic mass is 10.1. The van der Waals surface area contributed by atoms with Crippen LogP contribution in [0, 0.1) is 11.7 Å². The molecule has 9 heteroatoms. The number of carbonyl (C=O) groups excluding carboxylic acids is 2. The fourth-order valence-electron chi connectivity index (χ4n) is 3.90. The first kappa shape index (κ1) is 20.2. The Labute approximate surface area is 182 Å². The molecule has 1 aliphatic carbocycles. The molecule has 3 aromatic rings. The molecule has 2 aromatic carbocycles. The lowest BCUT2D eigenvalue weighted by Gasteiger charge is -2.35. The number of nitrogens with one attached hydrogen (secondary N) is 1. The van der Waals surface area contributed by atoms with E-state index in [4.69, 9.17) is 4.74 Å². The molecule has 5 rings (SSSR count). The highest BCUT2D eigenvalue weighted by Gasteiger charge is 2.35. The van der Waals surface area contributed by atoms with Crippen molar-refractivity contribution in [2.45, 2.75) is 12.8 Å². The Hall–Kier alpha value is -3.75. The average Bonchev–Trinajstić information content (AvgIpc) is 3.67. The van der Waals surface area contributed by atoms with Crippen molar-refractivity contribution in [3.05, 3.63) is 64.2 Å². The number of ether oxygens (including phenoxy) is 1. The zero-order chi connectivity index (χ0) is 22.2. The minimum absolute atomic E-state index is 0.113. The fourth-order valence-corrected chi connectivity index (χ4v) is 3.90. The van der Waals surface area contributed by atoms with Crippen molar-refractivity contribution in [1.29, 1.82) is 0 Å². The number of rotatable bonds is 4. The van der Waals surface area contributed by atoms with Crippen molar-refractivity contribution in [1.82, 2.24) is 20.0 Å². The summed E-state index contributed by atoms with van der Waals surface area (Å²) in [6.45, 7) is 1.61. The van der Waals surface area contributed by atoms with Crippen LogP contribution in [-0.4, -0.2) is 58.0 Å². The summed E-state index contributed by atoms with van der Waals surface area (Å²) in [5.74, 6) is -0.441. The van der Waals surface area contributed by atoms with Crippen LogP contribution in [0.5, 0.6) is 11.6 Å². The van der Waals surface area contributed by atoms with Crippen molar-refractivity contribution in [3.63, 3.8) is 0 Å². The first-order valence-electron chi connectivity index (χ1n) is 10.5. The molecule has 1 aromatic heterocycles. The van der Waals surface area contributed by atoms with E-state index in [9.17, 15) is 18.8 Å². The first-order valence-corrected chi connectivity index (χ1v) is 10.5. The van der Waals surface area contributed by atoms with Gasteiger partial charge in [-0.25, -0.2) is 9.49 Å². The molecule has 0 atom stereocenters. The maximum absolute atomic E-state index is 14.5. The molecule has 32 heavy (non-hydrogen) atoms. The van der Waals surface area contributed by atoms with Crippen molar-refractivity contribution in [2.75, 3.05) is 26.2 Å². The predicted molar refractivity (Wildman–Crippen MR) is 114 cm³/mol. The van der Waals surface area contributed by atoms with Crippen LogP contribution < -0.4 is 10.3 Å². The molecular formula is C23H21FN4O4. The van der Waals surface area contributed by atoms with E-state index in [0.717, 1.165) is 12.8 Å². The van der Waals surface area contributed by atoms with Gasteiger partial charge in [-0.3, -0.25) is 14.4 Å². The summed E-state index contributed by atoms with van der Waals surface area (Å²) in [4.78, 5) is 40.5. The molecule has 1 aliphatic heterocycles. The van der Waals surface area contributed by atoms with Gasteiger partial charge in [0.2, 0.25) is 11.8 Å². The Morgan fingerprint density at radius 3 is 2.41 bits per heavy atom. The number of nitrogens with zero attached hydrogens (tertiary/aromatic N) is 3. The summed E-state index contributed by atoms with van der Waals surface area (Å²) in [5, 5.41) is 7.24. The Bertz CT molecular complexity index is 1260. The van der Waals surface area contributed by atoms with Gasteiger partial charge in [0.05, 0.1) is 16.3 Å². The molecule has 1 N–H and O–H groups in total. The maximum atomic E-state index is 14.5. The highest BCUT2D eigenvalue weighted by atomic mass is 19.1. The molecule has 2 aliphatic rings. The fraction of sp³-hybridized carbons (Fsp3) is 0.304. The molecular weight excluding hydrogens is 415 g/mol. The molecule has 8 nitrogen and oxygen atoms in total. The number of benzene rings is 2. The third-order valence-corrected chi connectivity index (χ3v) is 5.85. The molecule has 0 radical (unpaired) electrons. The third kappa shape index (κ3) is 3.81. The SMILES string of the molecule is O=C(c1cc(Oc2n[nH]c(=O)c3ccccc23)ccc1F)N1CCN(C(=O)C2CC2)CC1. The smallest absolute Gasteiger partial charge is 0.272 e. The predicted octanol–water partition coefficient (Wildman–Crippen LogP) is 2.55. The molecule has 0 spiro atoms. The third-order valence-electron chi connectivity index (χ3n) is 5.85. The average molecular weight is 436 g/mol. The van der Waals surface area contributed by atoms with Crippen molar-refractivity contribution in [3.8, 4) is 11.6 Å². The topological polar surface area (TPSA) is 95.6 Å². The van der Waals surface area contributed by atoms with Crippen LogP contribution in [0.25, 0.3) is 10.8 Å². The summed E-state index contributed by atoms with van der Waals surface area (Å²) in [7, 11) is 0. The van der Waals surface area contributed by atoms with Crippen molar-refractivity contribution < 1.29 is 18.7 Å². The summed E-state index contributed by atoms with van der Waals surface area (Å²) >= 11 is 0. The van der Waals surface area contributed by atoms with Gasteiger partial charge < -0.3 is 14.5 Å². The van der Waals surface area contributed by atoms with E-state index >= 15 is 0 Å². The van der Waals surface area contributed by atoms with Gasteiger partial charge in [0.15, 0.2) is 0 Å². The van der Waals surface area contributed by atoms with Crippen LogP contribution in [0.15, 0.2) is 47.3 Å². The van der Waals surface area contributed by atoms with E-state index in [1.54, 1.807) is 34.1 Å². The quantitative estimate of drug-likeness (QED) is 0.678. The number of hydrogen-bond donors (Lipinski definition) is 1. The number of H-pyrrole nitrogens is 1. The highest BCUT2D eigenvalue weighted by Crippen LogP contribution is 2.31. The van der Waals surface area contributed by atoms with Gasteiger partial charge in [-0.1, -0.05) is 12.1 Å². The number of hydrogen-bond acceptors (Lipinski definition) is 5. The highest BCUT2D eigenvalue weighted by molar-refractivity contribution is 5.95. The zero-order valence-electron chi connectivity index (χ0n) is 17.2. The van der Waals surface area contributed by atoms with E-state index in [1.807, 2.05) is 0 Å². The number of halogens is 1. The van der Waals surface area contributed by atoms with E-state index in [0.29, 0.717) is 37.0 Å². The number of fused-ring (bicyclic) bond motifs is 1. The minimum atomic E-state index is -0.655. The molecule has 2 amide bonds. The Balaban J connectivity index is 1.34. The summed E-state index contributed by atoms with van der Waals surface area (Å²) < 4.78 is 20.3. The van der Waals surface area contributed by atoms with E-state index in [1.165, 1.54) is 18.2 Å². The second-order valence-electron chi connectivity index (χ2n) is 8.04. The van der Waals surface area contributed by atoms with Crippen molar-refractivity contribution >= 4 is 22.6 Å². The molecule has 1 saturated heterocycles. The van der Waals surface area contributed by atoms with Gasteiger partial charge in [-0.15, -0.1) is 5.10 Å². The molecule has 0 bridgehead atoms. The van der Waals surface area contributed by atoms with Crippen LogP contribution in [0.3, 0.4) is 0 Å². The first-order chi connectivity index (χ1) is 15.5. The molecule has 164 valence electrons. The van der Waals surface area contributed by atoms with E-state index < -0.39 is 11.7 Å². The van der Waals surface area contributed by atoms with Crippen LogP contribution in [0.2, 0.25) is 0 Å². The number of aromatic nitrogens is 2. The lowest BCUT2D eigenvalue weighted by Crippen LogP contribution is -2.51. The zero-order valence-corrected chi connectivity index (χ0v) is 17.2. The Morgan fingerprint density at radius 2 is 1.69 bits per heavy atom. The second kappa shape index (κ2) is 8.07. The second-order valence-corrected chi connectivity index (χ2v) is 8.04. The Morgan fingerprint density at radius 1 is 1.00 bits per heavy atom. The van der Waals surface area contributed by atoms with Gasteiger partial charge >= 0.3 is 0 Å². The van der Waals surface area contributed by atoms with Gasteiger partial charge in [0.1, 0.15) is 11.6 Å². The Kier molecular flexibility index (Phi) is 5.08. The number of aromatic amines is 1. The van der Waals surface area contributed by atoms with Gasteiger partial charge in [-0.05, 0) is 43.2 Å². The van der Waals surface area contributed by atoms with E-state index in [2.05, 4.69) is 10.2 Å². The number of carbonyl (C=O) groups is 2. The molecule has 2 heterocycles. The standard InChI is InChI=1S/C23H21FN4O4/c24-19-8-7-15(32-21-17-4-2-1-3-16(17)20(29)25-26-21)13-18(19)23(31)28-11-9-27(10-12-28)22(30)14-5-6-14/h1-4,7-8,13-14H,5-6,9-12H2,(H,25,29). The van der Waals surface area contributed by atoms with Crippen LogP contribution in [-0.2, 0) is 4.79 Å². The molecule has 1 saturated carbocycles. The van der Waals surface area contributed by atoms with Gasteiger partial charge in [0.25, 0.3) is 11.5 Å². The van der Waals surface area contributed by atoms with Gasteiger partial charge in [-0.2, -0.15) is 0 Å². The monoisotopic (exact) mass is 436 g/mol. The largest absolute Gasteiger partial charge is 0.437 e. The minimum Gasteiger partial charge on any atom is -0.437 e. The normalized spacial score (nSPS) is 16.3. The van der Waals surface area contributed by atoms with Gasteiger partial charge in [0, 0.05) is 32.1 Å². The van der Waals surface area contributed by atoms with Crippen LogP contribution in [0.4, 0.5) is 4.39 Å². The van der Waals surface area contributed by atoms with E-state index in [-0.39, 0.29) is 34.6 Å². The summed E-state index contributed by atoms with van der Waals surface area (Å²) in [6, 6.07) is 10.7. The lowest BCUT2D eigenvalue weighted by molar-refractivity contribution is -0.134. The van der Waals surface area contributed by atoms with Crippen LogP contribution in [0.1, 0.15) is 23.2 Å². The van der Waals surface area contributed by atoms with Crippen molar-refractivity contribution in [2.24, 2.45) is 5.92 Å². The summed E-state index contributed by atoms with van der Waals surface area (Å²) in [5.41, 5.74) is -0.458. The number of piperazine rings is 1. The molecule has 0 unspecified atom stereocenters.